The van der Waals surface area contributed by atoms with E-state index in [4.69, 9.17) is 4.74 Å². The highest BCUT2D eigenvalue weighted by atomic mass is 35.5. The van der Waals surface area contributed by atoms with E-state index in [9.17, 15) is 0 Å². The first-order valence-corrected chi connectivity index (χ1v) is 9.38. The Bertz CT molecular complexity index is 475. The van der Waals surface area contributed by atoms with Crippen LogP contribution in [0.15, 0.2) is 24.3 Å². The van der Waals surface area contributed by atoms with Gasteiger partial charge in [-0.3, -0.25) is 0 Å². The lowest BCUT2D eigenvalue weighted by atomic mass is 9.82. The van der Waals surface area contributed by atoms with Crippen LogP contribution < -0.4 is 17.3 Å². The van der Waals surface area contributed by atoms with Crippen molar-refractivity contribution in [1.82, 2.24) is 0 Å². The van der Waals surface area contributed by atoms with Crippen molar-refractivity contribution in [3.05, 3.63) is 35.4 Å². The van der Waals surface area contributed by atoms with Crippen LogP contribution in [0.4, 0.5) is 0 Å². The Morgan fingerprint density at radius 3 is 2.17 bits per heavy atom. The second kappa shape index (κ2) is 9.22. The van der Waals surface area contributed by atoms with Crippen molar-refractivity contribution in [2.45, 2.75) is 72.0 Å². The molecule has 1 saturated heterocycles. The Balaban J connectivity index is 0.00000288. The fourth-order valence-electron chi connectivity index (χ4n) is 3.82. The van der Waals surface area contributed by atoms with Gasteiger partial charge in [0.2, 0.25) is 0 Å². The van der Waals surface area contributed by atoms with E-state index in [2.05, 4.69) is 65.8 Å². The van der Waals surface area contributed by atoms with Crippen molar-refractivity contribution in [2.75, 3.05) is 19.6 Å². The van der Waals surface area contributed by atoms with E-state index in [1.165, 1.54) is 30.5 Å². The molecule has 138 valence electrons. The molecule has 0 saturated carbocycles. The number of nitrogens with one attached hydrogen (secondary N) is 1. The van der Waals surface area contributed by atoms with Crippen LogP contribution in [-0.2, 0) is 16.6 Å². The molecule has 2 unspecified atom stereocenters. The lowest BCUT2D eigenvalue weighted by molar-refractivity contribution is -0.918. The summed E-state index contributed by atoms with van der Waals surface area (Å²) in [7, 11) is 0. The average Bonchev–Trinajstić information content (AvgIpc) is 2.46. The largest absolute Gasteiger partial charge is 1.00 e. The lowest BCUT2D eigenvalue weighted by Gasteiger charge is -2.33. The van der Waals surface area contributed by atoms with Gasteiger partial charge >= 0.3 is 0 Å². The molecule has 24 heavy (non-hydrogen) atoms. The molecule has 0 aliphatic carbocycles. The molecular formula is C21H36ClNO. The van der Waals surface area contributed by atoms with Gasteiger partial charge in [-0.2, -0.15) is 0 Å². The first-order chi connectivity index (χ1) is 10.8. The van der Waals surface area contributed by atoms with Crippen LogP contribution in [0, 0.1) is 5.92 Å². The molecule has 0 radical (unpaired) electrons. The highest BCUT2D eigenvalue weighted by Crippen LogP contribution is 2.27. The van der Waals surface area contributed by atoms with Crippen LogP contribution in [0.2, 0.25) is 0 Å². The van der Waals surface area contributed by atoms with Crippen molar-refractivity contribution in [3.63, 3.8) is 0 Å². The van der Waals surface area contributed by atoms with Crippen molar-refractivity contribution in [2.24, 2.45) is 5.92 Å². The molecule has 0 spiro atoms. The molecule has 1 aromatic rings. The molecule has 2 nitrogen and oxygen atoms in total. The highest BCUT2D eigenvalue weighted by molar-refractivity contribution is 5.28. The summed E-state index contributed by atoms with van der Waals surface area (Å²) in [5.41, 5.74) is 3.22. The Hall–Kier alpha value is -0.570. The number of halogens is 1. The van der Waals surface area contributed by atoms with E-state index in [1.807, 2.05) is 0 Å². The van der Waals surface area contributed by atoms with Gasteiger partial charge < -0.3 is 22.0 Å². The van der Waals surface area contributed by atoms with Crippen LogP contribution in [0.25, 0.3) is 0 Å². The van der Waals surface area contributed by atoms with Crippen molar-refractivity contribution in [3.8, 4) is 0 Å². The van der Waals surface area contributed by atoms with Gasteiger partial charge in [0.25, 0.3) is 0 Å². The Morgan fingerprint density at radius 1 is 1.12 bits per heavy atom. The van der Waals surface area contributed by atoms with Crippen LogP contribution in [-0.4, -0.2) is 31.8 Å². The molecule has 2 rings (SSSR count). The van der Waals surface area contributed by atoms with Crippen LogP contribution >= 0.6 is 0 Å². The Kier molecular flexibility index (Phi) is 8.25. The zero-order chi connectivity index (χ0) is 17.0. The van der Waals surface area contributed by atoms with Gasteiger partial charge in [0.1, 0.15) is 25.3 Å². The normalized spacial score (nSPS) is 25.8. The standard InChI is InChI=1S/C21H35NO.ClH/c1-7-21(5,6)20-10-8-19(9-11-20)12-16(2)13-22-14-17(3)23-18(4)15-22;/h8-11,16-18H,7,12-15H2,1-6H3;1H/t16?,17-,18+;. The predicted octanol–water partition coefficient (Wildman–Crippen LogP) is 0.249. The molecule has 1 fully saturated rings. The van der Waals surface area contributed by atoms with E-state index in [-0.39, 0.29) is 17.8 Å². The molecule has 1 N–H and O–H groups in total. The molecule has 0 aromatic heterocycles. The fourth-order valence-corrected chi connectivity index (χ4v) is 3.82. The summed E-state index contributed by atoms with van der Waals surface area (Å²) >= 11 is 0. The zero-order valence-corrected chi connectivity index (χ0v) is 17.1. The predicted molar refractivity (Wildman–Crippen MR) is 98.2 cm³/mol. The SMILES string of the molecule is CCC(C)(C)c1ccc(CC(C)C[NH+]2C[C@@H](C)O[C@@H](C)C2)cc1.[Cl-]. The highest BCUT2D eigenvalue weighted by Gasteiger charge is 2.26. The van der Waals surface area contributed by atoms with Crippen molar-refractivity contribution in [1.29, 1.82) is 0 Å². The van der Waals surface area contributed by atoms with Crippen LogP contribution in [0.1, 0.15) is 59.1 Å². The quantitative estimate of drug-likeness (QED) is 0.774. The molecule has 3 heteroatoms. The summed E-state index contributed by atoms with van der Waals surface area (Å²) in [6, 6.07) is 9.33. The third kappa shape index (κ3) is 6.06. The molecule has 1 heterocycles. The van der Waals surface area contributed by atoms with Gasteiger partial charge in [0.05, 0.1) is 6.54 Å². The van der Waals surface area contributed by atoms with Crippen molar-refractivity contribution < 1.29 is 22.0 Å². The van der Waals surface area contributed by atoms with E-state index in [0.717, 1.165) is 13.1 Å². The van der Waals surface area contributed by atoms with Crippen LogP contribution in [0.3, 0.4) is 0 Å². The molecule has 0 bridgehead atoms. The molecular weight excluding hydrogens is 318 g/mol. The summed E-state index contributed by atoms with van der Waals surface area (Å²) < 4.78 is 5.85. The summed E-state index contributed by atoms with van der Waals surface area (Å²) in [6.07, 6.45) is 3.16. The summed E-state index contributed by atoms with van der Waals surface area (Å²) in [5.74, 6) is 0.715. The molecule has 1 aliphatic rings. The minimum atomic E-state index is 0. The average molecular weight is 354 g/mol. The van der Waals surface area contributed by atoms with Gasteiger partial charge in [0, 0.05) is 5.92 Å². The Labute approximate surface area is 155 Å². The third-order valence-corrected chi connectivity index (χ3v) is 5.46. The summed E-state index contributed by atoms with van der Waals surface area (Å²) in [5, 5.41) is 0. The van der Waals surface area contributed by atoms with E-state index in [1.54, 1.807) is 4.90 Å². The topological polar surface area (TPSA) is 13.7 Å². The van der Waals surface area contributed by atoms with Gasteiger partial charge in [-0.25, -0.2) is 0 Å². The maximum atomic E-state index is 5.85. The maximum Gasteiger partial charge on any atom is 0.104 e. The molecule has 0 amide bonds. The molecule has 1 aromatic carbocycles. The smallest absolute Gasteiger partial charge is 0.104 e. The number of ether oxygens (including phenoxy) is 1. The number of benzene rings is 1. The minimum Gasteiger partial charge on any atom is -1.00 e. The number of hydrogen-bond donors (Lipinski definition) is 1. The van der Waals surface area contributed by atoms with Crippen LogP contribution in [0.5, 0.6) is 0 Å². The number of morpholine rings is 1. The van der Waals surface area contributed by atoms with Gasteiger partial charge in [-0.15, -0.1) is 0 Å². The van der Waals surface area contributed by atoms with E-state index >= 15 is 0 Å². The number of hydrogen-bond acceptors (Lipinski definition) is 1. The minimum absolute atomic E-state index is 0. The van der Waals surface area contributed by atoms with Gasteiger partial charge in [-0.1, -0.05) is 52.0 Å². The monoisotopic (exact) mass is 353 g/mol. The Morgan fingerprint density at radius 2 is 1.67 bits per heavy atom. The second-order valence-corrected chi connectivity index (χ2v) is 8.36. The van der Waals surface area contributed by atoms with Crippen molar-refractivity contribution >= 4 is 0 Å². The lowest BCUT2D eigenvalue weighted by Crippen LogP contribution is -3.16. The first-order valence-electron chi connectivity index (χ1n) is 9.38. The zero-order valence-electron chi connectivity index (χ0n) is 16.4. The number of rotatable bonds is 6. The first kappa shape index (κ1) is 21.5. The van der Waals surface area contributed by atoms with Gasteiger partial charge in [-0.05, 0) is 43.2 Å². The second-order valence-electron chi connectivity index (χ2n) is 8.36. The number of quaternary nitrogens is 1. The summed E-state index contributed by atoms with van der Waals surface area (Å²) in [4.78, 5) is 1.70. The van der Waals surface area contributed by atoms with E-state index in [0.29, 0.717) is 18.1 Å². The van der Waals surface area contributed by atoms with Gasteiger partial charge in [0.15, 0.2) is 0 Å². The third-order valence-electron chi connectivity index (χ3n) is 5.46. The summed E-state index contributed by atoms with van der Waals surface area (Å²) in [6.45, 7) is 17.3. The molecule has 4 atom stereocenters. The fraction of sp³-hybridized carbons (Fsp3) is 0.714. The maximum absolute atomic E-state index is 5.85. The molecule has 1 aliphatic heterocycles. The van der Waals surface area contributed by atoms with E-state index < -0.39 is 0 Å².